The first-order chi connectivity index (χ1) is 13.2. The van der Waals surface area contributed by atoms with Crippen molar-refractivity contribution in [3.8, 4) is 10.7 Å². The quantitative estimate of drug-likeness (QED) is 0.463. The molecule has 1 N–H and O–H groups in total. The van der Waals surface area contributed by atoms with E-state index in [1.807, 2.05) is 43.4 Å². The topological polar surface area (TPSA) is 59.8 Å². The Balaban J connectivity index is 1.44. The number of anilines is 1. The van der Waals surface area contributed by atoms with Gasteiger partial charge in [-0.1, -0.05) is 41.7 Å². The number of benzene rings is 2. The van der Waals surface area contributed by atoms with Crippen molar-refractivity contribution in [2.75, 3.05) is 5.32 Å². The molecule has 5 nitrogen and oxygen atoms in total. The standard InChI is InChI=1S/C20H14N4OS2/c1-24-15-8-4-2-6-12(15)10-16(24)19-21-14(11-26-19)18(25)23-20-22-13-7-3-5-9-17(13)27-20/h2-11H,1H3,(H,22,23,25). The molecule has 0 aliphatic carbocycles. The first-order valence-electron chi connectivity index (χ1n) is 8.36. The number of aromatic nitrogens is 3. The van der Waals surface area contributed by atoms with Crippen molar-refractivity contribution in [2.45, 2.75) is 0 Å². The maximum Gasteiger partial charge on any atom is 0.276 e. The molecule has 0 atom stereocenters. The molecule has 0 aliphatic rings. The number of nitrogens with zero attached hydrogens (tertiary/aromatic N) is 3. The Bertz CT molecular complexity index is 1260. The molecule has 7 heteroatoms. The maximum absolute atomic E-state index is 12.6. The molecule has 0 saturated carbocycles. The Kier molecular flexibility index (Phi) is 3.77. The Morgan fingerprint density at radius 1 is 1.07 bits per heavy atom. The summed E-state index contributed by atoms with van der Waals surface area (Å²) in [5.74, 6) is -0.240. The zero-order chi connectivity index (χ0) is 18.4. The molecule has 0 aliphatic heterocycles. The first kappa shape index (κ1) is 16.2. The maximum atomic E-state index is 12.6. The summed E-state index contributed by atoms with van der Waals surface area (Å²) in [5, 5.41) is 7.21. The second kappa shape index (κ2) is 6.29. The molecule has 132 valence electrons. The average Bonchev–Trinajstić information content (AvgIpc) is 3.38. The molecule has 5 aromatic rings. The van der Waals surface area contributed by atoms with Gasteiger partial charge in [0.15, 0.2) is 5.13 Å². The Hall–Kier alpha value is -3.03. The molecule has 0 saturated heterocycles. The number of hydrogen-bond acceptors (Lipinski definition) is 5. The third-order valence-electron chi connectivity index (χ3n) is 4.42. The largest absolute Gasteiger partial charge is 0.342 e. The summed E-state index contributed by atoms with van der Waals surface area (Å²) < 4.78 is 3.14. The predicted octanol–water partition coefficient (Wildman–Crippen LogP) is 5.16. The minimum atomic E-state index is -0.240. The molecule has 0 fully saturated rings. The third-order valence-corrected chi connectivity index (χ3v) is 6.24. The number of para-hydroxylation sites is 2. The Morgan fingerprint density at radius 3 is 2.74 bits per heavy atom. The number of carbonyl (C=O) groups excluding carboxylic acids is 1. The highest BCUT2D eigenvalue weighted by molar-refractivity contribution is 7.22. The van der Waals surface area contributed by atoms with Crippen molar-refractivity contribution < 1.29 is 4.79 Å². The molecule has 1 amide bonds. The van der Waals surface area contributed by atoms with Gasteiger partial charge >= 0.3 is 0 Å². The van der Waals surface area contributed by atoms with Crippen LogP contribution in [-0.4, -0.2) is 20.4 Å². The van der Waals surface area contributed by atoms with Gasteiger partial charge in [-0.25, -0.2) is 9.97 Å². The van der Waals surface area contributed by atoms with E-state index in [1.54, 1.807) is 5.38 Å². The van der Waals surface area contributed by atoms with E-state index >= 15 is 0 Å². The zero-order valence-corrected chi connectivity index (χ0v) is 16.0. The lowest BCUT2D eigenvalue weighted by Crippen LogP contribution is -2.12. The van der Waals surface area contributed by atoms with E-state index in [1.165, 1.54) is 22.7 Å². The van der Waals surface area contributed by atoms with Crippen LogP contribution in [0.5, 0.6) is 0 Å². The molecular weight excluding hydrogens is 376 g/mol. The van der Waals surface area contributed by atoms with Crippen LogP contribution in [-0.2, 0) is 7.05 Å². The Labute approximate surface area is 162 Å². The lowest BCUT2D eigenvalue weighted by atomic mass is 10.2. The highest BCUT2D eigenvalue weighted by Gasteiger charge is 2.16. The minimum Gasteiger partial charge on any atom is -0.342 e. The number of hydrogen-bond donors (Lipinski definition) is 1. The van der Waals surface area contributed by atoms with Gasteiger partial charge in [-0.2, -0.15) is 0 Å². The van der Waals surface area contributed by atoms with E-state index in [0.717, 1.165) is 31.8 Å². The van der Waals surface area contributed by atoms with Crippen LogP contribution in [0.1, 0.15) is 10.5 Å². The molecule has 0 radical (unpaired) electrons. The summed E-state index contributed by atoms with van der Waals surface area (Å²) in [6, 6.07) is 18.1. The molecular formula is C20H14N4OS2. The van der Waals surface area contributed by atoms with Crippen LogP contribution in [0, 0.1) is 0 Å². The number of rotatable bonds is 3. The van der Waals surface area contributed by atoms with Crippen LogP contribution >= 0.6 is 22.7 Å². The molecule has 5 rings (SSSR count). The SMILES string of the molecule is Cn1c(-c2nc(C(=O)Nc3nc4ccccc4s3)cs2)cc2ccccc21. The summed E-state index contributed by atoms with van der Waals surface area (Å²) in [6.45, 7) is 0. The van der Waals surface area contributed by atoms with Crippen molar-refractivity contribution >= 4 is 54.8 Å². The number of nitrogens with one attached hydrogen (secondary N) is 1. The number of carbonyl (C=O) groups is 1. The number of thiazole rings is 2. The average molecular weight is 390 g/mol. The fourth-order valence-corrected chi connectivity index (χ4v) is 4.79. The molecule has 3 aromatic heterocycles. The summed E-state index contributed by atoms with van der Waals surface area (Å²) in [5.41, 5.74) is 3.43. The highest BCUT2D eigenvalue weighted by atomic mass is 32.1. The van der Waals surface area contributed by atoms with Crippen LogP contribution in [0.25, 0.3) is 31.8 Å². The number of aryl methyl sites for hydroxylation is 1. The second-order valence-corrected chi connectivity index (χ2v) is 8.01. The summed E-state index contributed by atoms with van der Waals surface area (Å²) in [6.07, 6.45) is 0. The van der Waals surface area contributed by atoms with Gasteiger partial charge in [0.25, 0.3) is 5.91 Å². The molecule has 0 bridgehead atoms. The van der Waals surface area contributed by atoms with E-state index < -0.39 is 0 Å². The Morgan fingerprint density at radius 2 is 1.89 bits per heavy atom. The fourth-order valence-electron chi connectivity index (χ4n) is 3.08. The van der Waals surface area contributed by atoms with Gasteiger partial charge in [-0.15, -0.1) is 11.3 Å². The molecule has 3 heterocycles. The van der Waals surface area contributed by atoms with Gasteiger partial charge in [-0.05, 0) is 24.3 Å². The van der Waals surface area contributed by atoms with E-state index in [9.17, 15) is 4.79 Å². The molecule has 0 spiro atoms. The summed E-state index contributed by atoms with van der Waals surface area (Å²) >= 11 is 2.92. The van der Waals surface area contributed by atoms with Gasteiger partial charge in [0.1, 0.15) is 10.7 Å². The molecule has 27 heavy (non-hydrogen) atoms. The minimum absolute atomic E-state index is 0.240. The monoisotopic (exact) mass is 390 g/mol. The smallest absolute Gasteiger partial charge is 0.276 e. The lowest BCUT2D eigenvalue weighted by Gasteiger charge is -2.00. The van der Waals surface area contributed by atoms with E-state index in [2.05, 4.69) is 38.1 Å². The van der Waals surface area contributed by atoms with E-state index in [-0.39, 0.29) is 5.91 Å². The lowest BCUT2D eigenvalue weighted by molar-refractivity contribution is 0.102. The van der Waals surface area contributed by atoms with Crippen LogP contribution in [0.4, 0.5) is 5.13 Å². The highest BCUT2D eigenvalue weighted by Crippen LogP contribution is 2.30. The van der Waals surface area contributed by atoms with Crippen LogP contribution < -0.4 is 5.32 Å². The van der Waals surface area contributed by atoms with Gasteiger partial charge in [0.2, 0.25) is 0 Å². The summed E-state index contributed by atoms with van der Waals surface area (Å²) in [7, 11) is 2.01. The molecule has 0 unspecified atom stereocenters. The number of fused-ring (bicyclic) bond motifs is 2. The normalized spacial score (nSPS) is 11.3. The fraction of sp³-hybridized carbons (Fsp3) is 0.0500. The van der Waals surface area contributed by atoms with Crippen LogP contribution in [0.15, 0.2) is 60.0 Å². The van der Waals surface area contributed by atoms with Crippen molar-refractivity contribution in [1.29, 1.82) is 0 Å². The van der Waals surface area contributed by atoms with Crippen molar-refractivity contribution in [2.24, 2.45) is 7.05 Å². The first-order valence-corrected chi connectivity index (χ1v) is 10.1. The van der Waals surface area contributed by atoms with Crippen LogP contribution in [0.3, 0.4) is 0 Å². The van der Waals surface area contributed by atoms with Gasteiger partial charge in [0.05, 0.1) is 15.9 Å². The third kappa shape index (κ3) is 2.81. The van der Waals surface area contributed by atoms with Gasteiger partial charge in [-0.3, -0.25) is 10.1 Å². The zero-order valence-electron chi connectivity index (χ0n) is 14.3. The summed E-state index contributed by atoms with van der Waals surface area (Å²) in [4.78, 5) is 21.6. The van der Waals surface area contributed by atoms with Gasteiger partial charge < -0.3 is 4.57 Å². The van der Waals surface area contributed by atoms with E-state index in [0.29, 0.717) is 10.8 Å². The van der Waals surface area contributed by atoms with Gasteiger partial charge in [0, 0.05) is 23.3 Å². The van der Waals surface area contributed by atoms with Crippen molar-refractivity contribution in [3.05, 3.63) is 65.7 Å². The second-order valence-electron chi connectivity index (χ2n) is 6.13. The van der Waals surface area contributed by atoms with Crippen LogP contribution in [0.2, 0.25) is 0 Å². The van der Waals surface area contributed by atoms with E-state index in [4.69, 9.17) is 0 Å². The number of amides is 1. The van der Waals surface area contributed by atoms with Crippen molar-refractivity contribution in [1.82, 2.24) is 14.5 Å². The molecule has 2 aromatic carbocycles. The predicted molar refractivity (Wildman–Crippen MR) is 112 cm³/mol. The van der Waals surface area contributed by atoms with Crippen molar-refractivity contribution in [3.63, 3.8) is 0 Å².